The Morgan fingerprint density at radius 2 is 1.45 bits per heavy atom. The van der Waals surface area contributed by atoms with Gasteiger partial charge in [-0.2, -0.15) is 0 Å². The molecule has 1 saturated carbocycles. The zero-order chi connectivity index (χ0) is 34.2. The van der Waals surface area contributed by atoms with Crippen molar-refractivity contribution < 1.29 is 34.2 Å². The third kappa shape index (κ3) is 4.42. The summed E-state index contributed by atoms with van der Waals surface area (Å²) >= 11 is 6.36. The van der Waals surface area contributed by atoms with Crippen molar-refractivity contribution in [1.82, 2.24) is 0 Å². The molecule has 2 aliphatic heterocycles. The number of benzene rings is 4. The maximum absolute atomic E-state index is 15.2. The van der Waals surface area contributed by atoms with Gasteiger partial charge in [0.1, 0.15) is 5.75 Å². The van der Waals surface area contributed by atoms with Crippen LogP contribution in [-0.4, -0.2) is 39.8 Å². The Kier molecular flexibility index (Phi) is 7.08. The lowest BCUT2D eigenvalue weighted by Crippen LogP contribution is -2.53. The summed E-state index contributed by atoms with van der Waals surface area (Å²) in [6.07, 6.45) is 2.30. The number of anilines is 2. The number of nitrogens with zero attached hydrogens (tertiary/aromatic N) is 2. The molecule has 3 fully saturated rings. The first-order valence-electron chi connectivity index (χ1n) is 16.0. The highest BCUT2D eigenvalue weighted by atomic mass is 35.5. The van der Waals surface area contributed by atoms with Gasteiger partial charge in [-0.1, -0.05) is 77.8 Å². The molecule has 2 heterocycles. The smallest absolute Gasteiger partial charge is 0.335 e. The molecule has 244 valence electrons. The Morgan fingerprint density at radius 1 is 0.755 bits per heavy atom. The molecule has 0 spiro atoms. The van der Waals surface area contributed by atoms with E-state index < -0.39 is 64.6 Å². The Hall–Kier alpha value is -5.54. The van der Waals surface area contributed by atoms with E-state index in [0.717, 1.165) is 10.5 Å². The first-order chi connectivity index (χ1) is 23.6. The van der Waals surface area contributed by atoms with Crippen LogP contribution >= 0.6 is 11.6 Å². The number of amides is 4. The summed E-state index contributed by atoms with van der Waals surface area (Å²) in [4.78, 5) is 72.3. The maximum atomic E-state index is 15.2. The molecular weight excluding hydrogens is 644 g/mol. The van der Waals surface area contributed by atoms with Gasteiger partial charge in [-0.05, 0) is 78.4 Å². The fourth-order valence-electron chi connectivity index (χ4n) is 8.82. The van der Waals surface area contributed by atoms with Gasteiger partial charge in [0, 0.05) is 10.9 Å². The first kappa shape index (κ1) is 30.8. The van der Waals surface area contributed by atoms with E-state index in [1.807, 2.05) is 36.4 Å². The number of hydrogen-bond acceptors (Lipinski definition) is 6. The molecule has 4 aliphatic rings. The van der Waals surface area contributed by atoms with Crippen LogP contribution in [0.4, 0.5) is 11.4 Å². The molecule has 0 aromatic heterocycles. The second-order valence-corrected chi connectivity index (χ2v) is 13.5. The number of carboxylic acids is 1. The van der Waals surface area contributed by atoms with Gasteiger partial charge in [-0.25, -0.2) is 9.69 Å². The molecule has 9 nitrogen and oxygen atoms in total. The van der Waals surface area contributed by atoms with Crippen molar-refractivity contribution in [2.75, 3.05) is 9.80 Å². The summed E-state index contributed by atoms with van der Waals surface area (Å²) < 4.78 is 0. The second-order valence-electron chi connectivity index (χ2n) is 13.1. The number of hydrogen-bond donors (Lipinski definition) is 2. The molecule has 0 radical (unpaired) electrons. The quantitative estimate of drug-likeness (QED) is 0.193. The molecule has 2 N–H and O–H groups in total. The predicted molar refractivity (Wildman–Crippen MR) is 180 cm³/mol. The van der Waals surface area contributed by atoms with E-state index in [1.54, 1.807) is 36.4 Å². The number of carbonyl (C=O) groups excluding carboxylic acids is 4. The number of aromatic hydroxyl groups is 1. The molecule has 2 aliphatic carbocycles. The summed E-state index contributed by atoms with van der Waals surface area (Å²) in [6, 6.07) is 28.1. The Balaban J connectivity index is 1.33. The number of phenolic OH excluding ortho intramolecular Hbond substituents is 1. The number of carboxylic acid groups (broad SMARTS) is 1. The highest BCUT2D eigenvalue weighted by Crippen LogP contribution is 2.64. The van der Waals surface area contributed by atoms with Crippen LogP contribution in [0.1, 0.15) is 40.2 Å². The van der Waals surface area contributed by atoms with E-state index in [9.17, 15) is 29.4 Å². The van der Waals surface area contributed by atoms with Crippen LogP contribution in [-0.2, 0) is 24.6 Å². The van der Waals surface area contributed by atoms with Gasteiger partial charge >= 0.3 is 5.97 Å². The van der Waals surface area contributed by atoms with Gasteiger partial charge in [0.25, 0.3) is 0 Å². The first-order valence-corrected chi connectivity index (χ1v) is 16.4. The van der Waals surface area contributed by atoms with Crippen LogP contribution in [0.25, 0.3) is 0 Å². The van der Waals surface area contributed by atoms with Crippen molar-refractivity contribution in [2.24, 2.45) is 23.7 Å². The third-order valence-electron chi connectivity index (χ3n) is 10.7. The maximum Gasteiger partial charge on any atom is 0.335 e. The van der Waals surface area contributed by atoms with Gasteiger partial charge in [0.2, 0.25) is 23.6 Å². The van der Waals surface area contributed by atoms with Crippen LogP contribution in [0.5, 0.6) is 5.75 Å². The molecule has 10 heteroatoms. The fourth-order valence-corrected chi connectivity index (χ4v) is 9.00. The molecule has 0 unspecified atom stereocenters. The second kappa shape index (κ2) is 11.3. The van der Waals surface area contributed by atoms with Gasteiger partial charge in [-0.15, -0.1) is 0 Å². The van der Waals surface area contributed by atoms with Crippen molar-refractivity contribution in [1.29, 1.82) is 0 Å². The van der Waals surface area contributed by atoms with E-state index in [4.69, 9.17) is 11.6 Å². The molecule has 4 aromatic rings. The largest absolute Gasteiger partial charge is 0.508 e. The molecule has 2 saturated heterocycles. The minimum absolute atomic E-state index is 0.0317. The van der Waals surface area contributed by atoms with Crippen molar-refractivity contribution in [3.63, 3.8) is 0 Å². The summed E-state index contributed by atoms with van der Waals surface area (Å²) in [5.41, 5.74) is 1.14. The number of fused-ring (bicyclic) bond motifs is 4. The van der Waals surface area contributed by atoms with Gasteiger partial charge in [0.15, 0.2) is 0 Å². The Labute approximate surface area is 286 Å². The number of imide groups is 2. The molecular formula is C39H29ClN2O7. The summed E-state index contributed by atoms with van der Waals surface area (Å²) in [6.45, 7) is 0. The molecule has 49 heavy (non-hydrogen) atoms. The van der Waals surface area contributed by atoms with Crippen LogP contribution in [0.3, 0.4) is 0 Å². The predicted octanol–water partition coefficient (Wildman–Crippen LogP) is 6.11. The lowest BCUT2D eigenvalue weighted by Gasteiger charge is -2.50. The number of carbonyl (C=O) groups is 5. The van der Waals surface area contributed by atoms with Crippen molar-refractivity contribution >= 4 is 52.6 Å². The van der Waals surface area contributed by atoms with E-state index in [0.29, 0.717) is 21.8 Å². The van der Waals surface area contributed by atoms with Crippen molar-refractivity contribution in [3.8, 4) is 5.75 Å². The van der Waals surface area contributed by atoms with Crippen molar-refractivity contribution in [2.45, 2.75) is 24.2 Å². The van der Waals surface area contributed by atoms with Crippen LogP contribution in [0, 0.1) is 23.7 Å². The third-order valence-corrected chi connectivity index (χ3v) is 11.0. The Morgan fingerprint density at radius 3 is 2.14 bits per heavy atom. The molecule has 8 rings (SSSR count). The molecule has 0 bridgehead atoms. The van der Waals surface area contributed by atoms with Crippen LogP contribution in [0.2, 0.25) is 5.02 Å². The SMILES string of the molecule is O=C(O)c1cccc(N2C(=O)[C@H]3[C@H](CC=C4[C@H]3C[C@H]3C(=O)N(c5cccc(Cl)c5)C(=O)[C@@]3(c3ccccc3)[C@H]4c3ccc(O)cc3)C2=O)c1. The average Bonchev–Trinajstić information content (AvgIpc) is 3.49. The minimum atomic E-state index is -1.42. The lowest BCUT2D eigenvalue weighted by molar-refractivity contribution is -0.127. The fraction of sp³-hybridized carbons (Fsp3) is 0.205. The number of allylic oxidation sites excluding steroid dienone is 2. The zero-order valence-electron chi connectivity index (χ0n) is 25.9. The normalized spacial score (nSPS) is 27.4. The van der Waals surface area contributed by atoms with E-state index in [-0.39, 0.29) is 29.8 Å². The molecule has 6 atom stereocenters. The van der Waals surface area contributed by atoms with Gasteiger partial charge in [-0.3, -0.25) is 24.1 Å². The topological polar surface area (TPSA) is 132 Å². The van der Waals surface area contributed by atoms with Gasteiger partial charge < -0.3 is 10.2 Å². The highest BCUT2D eigenvalue weighted by Gasteiger charge is 2.70. The minimum Gasteiger partial charge on any atom is -0.508 e. The highest BCUT2D eigenvalue weighted by molar-refractivity contribution is 6.32. The average molecular weight is 673 g/mol. The van der Waals surface area contributed by atoms with Crippen LogP contribution < -0.4 is 9.80 Å². The standard InChI is InChI=1S/C39H29ClN2O7/c40-24-9-5-11-26(19-24)42-35(45)31-20-30-28(16-17-29-32(30)36(46)41(34(29)44)25-10-4-6-22(18-25)37(47)48)33(21-12-14-27(43)15-13-21)39(31,38(42)49)23-7-2-1-3-8-23/h1-16,18-19,29-33,43H,17,20H2,(H,47,48)/t29-,30+,31-,32-,33-,39+/m0/s1. The number of phenols is 1. The summed E-state index contributed by atoms with van der Waals surface area (Å²) in [5, 5.41) is 20.2. The molecule has 4 aromatic carbocycles. The van der Waals surface area contributed by atoms with Crippen molar-refractivity contribution in [3.05, 3.63) is 136 Å². The van der Waals surface area contributed by atoms with E-state index in [2.05, 4.69) is 0 Å². The van der Waals surface area contributed by atoms with Gasteiger partial charge in [0.05, 0.1) is 40.1 Å². The lowest BCUT2D eigenvalue weighted by atomic mass is 9.49. The molecule has 4 amide bonds. The number of rotatable bonds is 5. The number of halogens is 1. The monoisotopic (exact) mass is 672 g/mol. The van der Waals surface area contributed by atoms with E-state index >= 15 is 4.79 Å². The van der Waals surface area contributed by atoms with Crippen LogP contribution in [0.15, 0.2) is 115 Å². The Bertz CT molecular complexity index is 2110. The van der Waals surface area contributed by atoms with E-state index in [1.165, 1.54) is 41.3 Å². The zero-order valence-corrected chi connectivity index (χ0v) is 26.7. The summed E-state index contributed by atoms with van der Waals surface area (Å²) in [5.74, 6) is -6.69. The number of aromatic carboxylic acids is 1. The summed E-state index contributed by atoms with van der Waals surface area (Å²) in [7, 11) is 0.